The van der Waals surface area contributed by atoms with Gasteiger partial charge in [-0.25, -0.2) is 4.98 Å². The molecule has 110 valence electrons. The number of aromatic amines is 1. The summed E-state index contributed by atoms with van der Waals surface area (Å²) in [4.78, 5) is 4.60. The smallest absolute Gasteiger partial charge is 0.144 e. The normalized spacial score (nSPS) is 11.8. The summed E-state index contributed by atoms with van der Waals surface area (Å²) in [5, 5.41) is 9.52. The Hall–Kier alpha value is -2.62. The van der Waals surface area contributed by atoms with Gasteiger partial charge in [0.1, 0.15) is 5.65 Å². The van der Waals surface area contributed by atoms with Crippen LogP contribution in [0.15, 0.2) is 42.7 Å². The van der Waals surface area contributed by atoms with E-state index < -0.39 is 0 Å². The van der Waals surface area contributed by atoms with E-state index in [0.717, 1.165) is 22.2 Å². The van der Waals surface area contributed by atoms with Crippen LogP contribution >= 0.6 is 0 Å². The largest absolute Gasteiger partial charge is 0.298 e. The Morgan fingerprint density at radius 2 is 2.00 bits per heavy atom. The van der Waals surface area contributed by atoms with Crippen molar-refractivity contribution in [2.45, 2.75) is 26.7 Å². The Morgan fingerprint density at radius 3 is 2.82 bits per heavy atom. The molecule has 0 spiro atoms. The number of aryl methyl sites for hydroxylation is 1. The molecule has 3 heterocycles. The molecular formula is C18H18N4. The third-order valence-corrected chi connectivity index (χ3v) is 4.17. The number of hydrogen-bond donors (Lipinski definition) is 1. The van der Waals surface area contributed by atoms with E-state index in [1.165, 1.54) is 16.6 Å². The zero-order chi connectivity index (χ0) is 15.3. The first-order valence-corrected chi connectivity index (χ1v) is 7.55. The molecule has 0 amide bonds. The van der Waals surface area contributed by atoms with Crippen molar-refractivity contribution in [1.82, 2.24) is 19.7 Å². The lowest BCUT2D eigenvalue weighted by Crippen LogP contribution is -2.03. The van der Waals surface area contributed by atoms with Gasteiger partial charge < -0.3 is 0 Å². The summed E-state index contributed by atoms with van der Waals surface area (Å²) >= 11 is 0. The van der Waals surface area contributed by atoms with Crippen LogP contribution in [0.25, 0.3) is 27.6 Å². The van der Waals surface area contributed by atoms with Gasteiger partial charge in [-0.1, -0.05) is 13.8 Å². The quantitative estimate of drug-likeness (QED) is 0.597. The molecule has 4 nitrogen and oxygen atoms in total. The highest BCUT2D eigenvalue weighted by atomic mass is 15.1. The zero-order valence-corrected chi connectivity index (χ0v) is 13.0. The minimum absolute atomic E-state index is 0.426. The zero-order valence-electron chi connectivity index (χ0n) is 13.0. The Kier molecular flexibility index (Phi) is 2.79. The van der Waals surface area contributed by atoms with Gasteiger partial charge >= 0.3 is 0 Å². The van der Waals surface area contributed by atoms with Crippen LogP contribution in [0.2, 0.25) is 0 Å². The standard InChI is InChI=1S/C18H18N4/c1-11(2)16-9-13-5-4-6-19-18(13)22(16)15-7-12(3)17-14(8-15)10-20-21-17/h4-11H,1-3H3,(H,20,21). The van der Waals surface area contributed by atoms with E-state index in [0.29, 0.717) is 5.92 Å². The fourth-order valence-corrected chi connectivity index (χ4v) is 3.10. The molecule has 4 rings (SSSR count). The Bertz CT molecular complexity index is 975. The van der Waals surface area contributed by atoms with Gasteiger partial charge in [0.25, 0.3) is 0 Å². The average Bonchev–Trinajstić information content (AvgIpc) is 3.11. The van der Waals surface area contributed by atoms with Gasteiger partial charge in [-0.15, -0.1) is 0 Å². The highest BCUT2D eigenvalue weighted by Crippen LogP contribution is 2.30. The molecule has 0 saturated carbocycles. The lowest BCUT2D eigenvalue weighted by atomic mass is 10.1. The molecule has 0 saturated heterocycles. The molecular weight excluding hydrogens is 272 g/mol. The molecule has 0 bridgehead atoms. The van der Waals surface area contributed by atoms with Crippen molar-refractivity contribution in [3.05, 3.63) is 54.0 Å². The van der Waals surface area contributed by atoms with E-state index in [1.54, 1.807) is 0 Å². The maximum atomic E-state index is 4.60. The summed E-state index contributed by atoms with van der Waals surface area (Å²) in [5.74, 6) is 0.426. The second kappa shape index (κ2) is 4.70. The van der Waals surface area contributed by atoms with Crippen molar-refractivity contribution < 1.29 is 0 Å². The molecule has 22 heavy (non-hydrogen) atoms. The number of nitrogens with one attached hydrogen (secondary N) is 1. The molecule has 4 heteroatoms. The van der Waals surface area contributed by atoms with Crippen molar-refractivity contribution >= 4 is 21.9 Å². The average molecular weight is 290 g/mol. The van der Waals surface area contributed by atoms with Crippen molar-refractivity contribution in [3.8, 4) is 5.69 Å². The number of rotatable bonds is 2. The van der Waals surface area contributed by atoms with E-state index >= 15 is 0 Å². The summed E-state index contributed by atoms with van der Waals surface area (Å²) < 4.78 is 2.26. The first kappa shape index (κ1) is 13.1. The number of aromatic nitrogens is 4. The summed E-state index contributed by atoms with van der Waals surface area (Å²) in [7, 11) is 0. The third kappa shape index (κ3) is 1.84. The molecule has 1 N–H and O–H groups in total. The monoisotopic (exact) mass is 290 g/mol. The number of nitrogens with zero attached hydrogens (tertiary/aromatic N) is 3. The van der Waals surface area contributed by atoms with Crippen LogP contribution in [0.1, 0.15) is 31.0 Å². The maximum absolute atomic E-state index is 4.60. The molecule has 4 aromatic rings. The van der Waals surface area contributed by atoms with E-state index in [4.69, 9.17) is 0 Å². The molecule has 0 aliphatic carbocycles. The number of H-pyrrole nitrogens is 1. The Morgan fingerprint density at radius 1 is 1.14 bits per heavy atom. The molecule has 0 aliphatic heterocycles. The van der Waals surface area contributed by atoms with E-state index in [2.05, 4.69) is 64.8 Å². The van der Waals surface area contributed by atoms with Gasteiger partial charge in [-0.2, -0.15) is 5.10 Å². The molecule has 0 aliphatic rings. The minimum Gasteiger partial charge on any atom is -0.298 e. The predicted molar refractivity (Wildman–Crippen MR) is 89.5 cm³/mol. The molecule has 1 aromatic carbocycles. The van der Waals surface area contributed by atoms with Crippen molar-refractivity contribution in [2.75, 3.05) is 0 Å². The van der Waals surface area contributed by atoms with Crippen LogP contribution < -0.4 is 0 Å². The predicted octanol–water partition coefficient (Wildman–Crippen LogP) is 4.33. The van der Waals surface area contributed by atoms with E-state index in [-0.39, 0.29) is 0 Å². The van der Waals surface area contributed by atoms with Crippen molar-refractivity contribution in [3.63, 3.8) is 0 Å². The van der Waals surface area contributed by atoms with Gasteiger partial charge in [0.2, 0.25) is 0 Å². The fourth-order valence-electron chi connectivity index (χ4n) is 3.10. The summed E-state index contributed by atoms with van der Waals surface area (Å²) in [5.41, 5.74) is 5.71. The summed E-state index contributed by atoms with van der Waals surface area (Å²) in [6.07, 6.45) is 3.73. The van der Waals surface area contributed by atoms with Crippen molar-refractivity contribution in [1.29, 1.82) is 0 Å². The Labute approximate surface area is 128 Å². The number of pyridine rings is 1. The number of hydrogen-bond acceptors (Lipinski definition) is 2. The first-order valence-electron chi connectivity index (χ1n) is 7.55. The lowest BCUT2D eigenvalue weighted by Gasteiger charge is -2.14. The number of fused-ring (bicyclic) bond motifs is 2. The first-order chi connectivity index (χ1) is 10.6. The second-order valence-electron chi connectivity index (χ2n) is 6.07. The van der Waals surface area contributed by atoms with E-state index in [9.17, 15) is 0 Å². The van der Waals surface area contributed by atoms with Crippen LogP contribution in [0.5, 0.6) is 0 Å². The molecule has 3 aromatic heterocycles. The highest BCUT2D eigenvalue weighted by molar-refractivity contribution is 5.86. The molecule has 0 fully saturated rings. The summed E-state index contributed by atoms with van der Waals surface area (Å²) in [6, 6.07) is 10.7. The minimum atomic E-state index is 0.426. The maximum Gasteiger partial charge on any atom is 0.144 e. The van der Waals surface area contributed by atoms with Gasteiger partial charge in [-0.3, -0.25) is 9.67 Å². The van der Waals surface area contributed by atoms with Gasteiger partial charge in [-0.05, 0) is 48.7 Å². The van der Waals surface area contributed by atoms with Crippen LogP contribution in [0, 0.1) is 6.92 Å². The lowest BCUT2D eigenvalue weighted by molar-refractivity contribution is 0.793. The van der Waals surface area contributed by atoms with Gasteiger partial charge in [0.05, 0.1) is 11.7 Å². The Balaban J connectivity index is 2.08. The van der Waals surface area contributed by atoms with E-state index in [1.807, 2.05) is 18.5 Å². The summed E-state index contributed by atoms with van der Waals surface area (Å²) in [6.45, 7) is 6.54. The highest BCUT2D eigenvalue weighted by Gasteiger charge is 2.15. The number of benzene rings is 1. The SMILES string of the molecule is Cc1cc(-n2c(C(C)C)cc3cccnc32)cc2cn[nH]c12. The van der Waals surface area contributed by atoms with Crippen LogP contribution in [0.4, 0.5) is 0 Å². The van der Waals surface area contributed by atoms with Gasteiger partial charge in [0.15, 0.2) is 0 Å². The van der Waals surface area contributed by atoms with Gasteiger partial charge in [0, 0.05) is 28.4 Å². The molecule has 0 unspecified atom stereocenters. The second-order valence-corrected chi connectivity index (χ2v) is 6.07. The molecule has 0 radical (unpaired) electrons. The van der Waals surface area contributed by atoms with Crippen LogP contribution in [-0.2, 0) is 0 Å². The topological polar surface area (TPSA) is 46.5 Å². The van der Waals surface area contributed by atoms with Crippen LogP contribution in [-0.4, -0.2) is 19.7 Å². The van der Waals surface area contributed by atoms with Crippen LogP contribution in [0.3, 0.4) is 0 Å². The fraction of sp³-hybridized carbons (Fsp3) is 0.222. The van der Waals surface area contributed by atoms with Crippen molar-refractivity contribution in [2.24, 2.45) is 0 Å². The molecule has 0 atom stereocenters. The third-order valence-electron chi connectivity index (χ3n) is 4.17.